The van der Waals surface area contributed by atoms with Crippen molar-refractivity contribution in [3.8, 4) is 11.8 Å². The van der Waals surface area contributed by atoms with Crippen molar-refractivity contribution in [1.82, 2.24) is 0 Å². The molecule has 0 aliphatic heterocycles. The van der Waals surface area contributed by atoms with Crippen molar-refractivity contribution in [3.63, 3.8) is 0 Å². The Bertz CT molecular complexity index is 344. The van der Waals surface area contributed by atoms with Crippen LogP contribution in [0.2, 0.25) is 0 Å². The first-order valence-electron chi connectivity index (χ1n) is 4.96. The summed E-state index contributed by atoms with van der Waals surface area (Å²) in [5, 5.41) is 0. The largest absolute Gasteiger partial charge is 0.324 e. The average molecular weight is 187 g/mol. The van der Waals surface area contributed by atoms with Crippen molar-refractivity contribution < 1.29 is 0 Å². The van der Waals surface area contributed by atoms with Crippen molar-refractivity contribution in [3.05, 3.63) is 35.4 Å². The molecule has 0 saturated heterocycles. The van der Waals surface area contributed by atoms with Crippen LogP contribution in [-0.2, 0) is 0 Å². The molecule has 0 aromatic heterocycles. The Hall–Kier alpha value is -1.26. The predicted molar refractivity (Wildman–Crippen MR) is 60.8 cm³/mol. The fourth-order valence-electron chi connectivity index (χ4n) is 1.51. The van der Waals surface area contributed by atoms with Gasteiger partial charge in [0.1, 0.15) is 0 Å². The molecule has 1 nitrogen and oxygen atoms in total. The number of hydrogen-bond acceptors (Lipinski definition) is 1. The van der Waals surface area contributed by atoms with Gasteiger partial charge in [-0.25, -0.2) is 0 Å². The zero-order valence-corrected chi connectivity index (χ0v) is 8.88. The Balaban J connectivity index is 2.63. The Kier molecular flexibility index (Phi) is 4.22. The molecule has 0 radical (unpaired) electrons. The van der Waals surface area contributed by atoms with E-state index in [9.17, 15) is 0 Å². The number of benzene rings is 1. The smallest absolute Gasteiger partial charge is 0.0306 e. The van der Waals surface area contributed by atoms with Crippen LogP contribution in [-0.4, -0.2) is 0 Å². The summed E-state index contributed by atoms with van der Waals surface area (Å²) >= 11 is 0. The van der Waals surface area contributed by atoms with E-state index in [1.165, 1.54) is 11.1 Å². The summed E-state index contributed by atoms with van der Waals surface area (Å²) in [6.45, 7) is 3.96. The third-order valence-corrected chi connectivity index (χ3v) is 2.35. The zero-order valence-electron chi connectivity index (χ0n) is 8.88. The molecule has 1 unspecified atom stereocenters. The molecule has 0 amide bonds. The van der Waals surface area contributed by atoms with Gasteiger partial charge in [-0.3, -0.25) is 0 Å². The lowest BCUT2D eigenvalue weighted by atomic mass is 9.98. The lowest BCUT2D eigenvalue weighted by Gasteiger charge is -2.12. The van der Waals surface area contributed by atoms with E-state index in [0.29, 0.717) is 0 Å². The summed E-state index contributed by atoms with van der Waals surface area (Å²) in [6, 6.07) is 8.39. The van der Waals surface area contributed by atoms with E-state index in [-0.39, 0.29) is 6.04 Å². The van der Waals surface area contributed by atoms with Gasteiger partial charge in [0.15, 0.2) is 0 Å². The summed E-state index contributed by atoms with van der Waals surface area (Å²) in [5.41, 5.74) is 8.58. The van der Waals surface area contributed by atoms with Crippen LogP contribution in [0.25, 0.3) is 0 Å². The van der Waals surface area contributed by atoms with E-state index in [4.69, 9.17) is 5.73 Å². The monoisotopic (exact) mass is 187 g/mol. The van der Waals surface area contributed by atoms with E-state index in [0.717, 1.165) is 12.8 Å². The van der Waals surface area contributed by atoms with Crippen molar-refractivity contribution in [2.75, 3.05) is 0 Å². The molecule has 0 aliphatic rings. The van der Waals surface area contributed by atoms with E-state index in [1.807, 2.05) is 19.1 Å². The highest BCUT2D eigenvalue weighted by atomic mass is 14.6. The van der Waals surface area contributed by atoms with Gasteiger partial charge >= 0.3 is 0 Å². The maximum absolute atomic E-state index is 6.07. The summed E-state index contributed by atoms with van der Waals surface area (Å²) in [5.74, 6) is 5.92. The second-order valence-corrected chi connectivity index (χ2v) is 3.43. The van der Waals surface area contributed by atoms with E-state index < -0.39 is 0 Å². The van der Waals surface area contributed by atoms with Gasteiger partial charge < -0.3 is 5.73 Å². The first kappa shape index (κ1) is 10.8. The van der Waals surface area contributed by atoms with Crippen LogP contribution in [0.1, 0.15) is 36.9 Å². The van der Waals surface area contributed by atoms with Crippen molar-refractivity contribution in [2.24, 2.45) is 5.73 Å². The molecular weight excluding hydrogens is 170 g/mol. The van der Waals surface area contributed by atoms with Crippen LogP contribution in [0.15, 0.2) is 24.3 Å². The third kappa shape index (κ3) is 2.90. The normalized spacial score (nSPS) is 11.6. The summed E-state index contributed by atoms with van der Waals surface area (Å²) < 4.78 is 0. The van der Waals surface area contributed by atoms with Gasteiger partial charge in [0.05, 0.1) is 0 Å². The third-order valence-electron chi connectivity index (χ3n) is 2.35. The molecule has 1 rings (SSSR count). The van der Waals surface area contributed by atoms with Gasteiger partial charge in [-0.1, -0.05) is 24.3 Å². The maximum Gasteiger partial charge on any atom is 0.0306 e. The van der Waals surface area contributed by atoms with E-state index >= 15 is 0 Å². The van der Waals surface area contributed by atoms with Crippen LogP contribution in [0, 0.1) is 18.8 Å². The maximum atomic E-state index is 6.07. The topological polar surface area (TPSA) is 26.0 Å². The molecule has 2 N–H and O–H groups in total. The fraction of sp³-hybridized carbons (Fsp3) is 0.385. The Morgan fingerprint density at radius 2 is 2.07 bits per heavy atom. The van der Waals surface area contributed by atoms with Crippen LogP contribution >= 0.6 is 0 Å². The minimum absolute atomic E-state index is 0.122. The highest BCUT2D eigenvalue weighted by Gasteiger charge is 2.06. The SMILES string of the molecule is CC#CCCC(N)c1ccccc1C. The molecule has 0 aliphatic carbocycles. The molecule has 1 aromatic rings. The van der Waals surface area contributed by atoms with Crippen LogP contribution in [0.3, 0.4) is 0 Å². The number of nitrogens with two attached hydrogens (primary N) is 1. The summed E-state index contributed by atoms with van der Waals surface area (Å²) in [6.07, 6.45) is 1.82. The number of aryl methyl sites for hydroxylation is 1. The first-order valence-corrected chi connectivity index (χ1v) is 4.96. The number of rotatable bonds is 3. The Morgan fingerprint density at radius 3 is 2.71 bits per heavy atom. The molecule has 1 heteroatoms. The van der Waals surface area contributed by atoms with Crippen molar-refractivity contribution in [1.29, 1.82) is 0 Å². The Morgan fingerprint density at radius 1 is 1.36 bits per heavy atom. The molecule has 0 spiro atoms. The van der Waals surface area contributed by atoms with E-state index in [1.54, 1.807) is 0 Å². The predicted octanol–water partition coefficient (Wildman–Crippen LogP) is 2.80. The minimum atomic E-state index is 0.122. The lowest BCUT2D eigenvalue weighted by molar-refractivity contribution is 0.664. The van der Waals surface area contributed by atoms with Gasteiger partial charge in [-0.15, -0.1) is 11.8 Å². The highest BCUT2D eigenvalue weighted by molar-refractivity contribution is 5.28. The molecule has 0 saturated carbocycles. The molecule has 0 heterocycles. The average Bonchev–Trinajstić information content (AvgIpc) is 2.18. The summed E-state index contributed by atoms with van der Waals surface area (Å²) in [4.78, 5) is 0. The molecule has 0 fully saturated rings. The van der Waals surface area contributed by atoms with Gasteiger partial charge in [0.25, 0.3) is 0 Å². The molecule has 1 aromatic carbocycles. The standard InChI is InChI=1S/C13H17N/c1-3-4-5-10-13(14)12-9-7-6-8-11(12)2/h6-9,13H,5,10,14H2,1-2H3. The van der Waals surface area contributed by atoms with Gasteiger partial charge in [-0.05, 0) is 31.4 Å². The quantitative estimate of drug-likeness (QED) is 0.723. The molecule has 14 heavy (non-hydrogen) atoms. The second-order valence-electron chi connectivity index (χ2n) is 3.43. The second kappa shape index (κ2) is 5.47. The Labute approximate surface area is 86.3 Å². The lowest BCUT2D eigenvalue weighted by Crippen LogP contribution is -2.11. The van der Waals surface area contributed by atoms with Crippen LogP contribution in [0.4, 0.5) is 0 Å². The van der Waals surface area contributed by atoms with Crippen LogP contribution < -0.4 is 5.73 Å². The fourth-order valence-corrected chi connectivity index (χ4v) is 1.51. The summed E-state index contributed by atoms with van der Waals surface area (Å²) in [7, 11) is 0. The van der Waals surface area contributed by atoms with Gasteiger partial charge in [0, 0.05) is 12.5 Å². The van der Waals surface area contributed by atoms with Crippen LogP contribution in [0.5, 0.6) is 0 Å². The van der Waals surface area contributed by atoms with Crippen molar-refractivity contribution in [2.45, 2.75) is 32.7 Å². The minimum Gasteiger partial charge on any atom is -0.324 e. The molecule has 0 bridgehead atoms. The molecule has 1 atom stereocenters. The zero-order chi connectivity index (χ0) is 10.4. The number of hydrogen-bond donors (Lipinski definition) is 1. The molecular formula is C13H17N. The highest BCUT2D eigenvalue weighted by Crippen LogP contribution is 2.18. The van der Waals surface area contributed by atoms with Gasteiger partial charge in [-0.2, -0.15) is 0 Å². The first-order chi connectivity index (χ1) is 6.75. The van der Waals surface area contributed by atoms with E-state index in [2.05, 4.69) is 30.9 Å². The van der Waals surface area contributed by atoms with Gasteiger partial charge in [0.2, 0.25) is 0 Å². The van der Waals surface area contributed by atoms with Crippen molar-refractivity contribution >= 4 is 0 Å². The molecule has 74 valence electrons.